The predicted octanol–water partition coefficient (Wildman–Crippen LogP) is 2.58. The molecule has 0 aliphatic carbocycles. The highest BCUT2D eigenvalue weighted by atomic mass is 16.5. The van der Waals surface area contributed by atoms with Crippen molar-refractivity contribution in [3.8, 4) is 0 Å². The average molecular weight is 327 g/mol. The van der Waals surface area contributed by atoms with Gasteiger partial charge in [0, 0.05) is 38.1 Å². The summed E-state index contributed by atoms with van der Waals surface area (Å²) >= 11 is 0. The molecule has 2 heterocycles. The molecule has 0 atom stereocenters. The molecule has 1 saturated heterocycles. The van der Waals surface area contributed by atoms with E-state index in [4.69, 9.17) is 4.74 Å². The van der Waals surface area contributed by atoms with Gasteiger partial charge in [-0.2, -0.15) is 4.98 Å². The number of nitrogens with zero attached hydrogens (tertiary/aromatic N) is 3. The second-order valence-electron chi connectivity index (χ2n) is 6.07. The molecule has 128 valence electrons. The van der Waals surface area contributed by atoms with Crippen LogP contribution < -0.4 is 10.6 Å². The summed E-state index contributed by atoms with van der Waals surface area (Å²) in [7, 11) is 0. The van der Waals surface area contributed by atoms with E-state index in [1.165, 1.54) is 11.1 Å². The molecular formula is C18H25N5O. The Bertz CT molecular complexity index is 670. The Kier molecular flexibility index (Phi) is 5.61. The summed E-state index contributed by atoms with van der Waals surface area (Å²) < 4.78 is 5.36. The van der Waals surface area contributed by atoms with Gasteiger partial charge in [-0.1, -0.05) is 6.07 Å². The van der Waals surface area contributed by atoms with Gasteiger partial charge in [0.2, 0.25) is 5.95 Å². The first kappa shape index (κ1) is 16.7. The number of morpholine rings is 1. The van der Waals surface area contributed by atoms with Gasteiger partial charge in [0.05, 0.1) is 13.2 Å². The Balaban J connectivity index is 1.54. The molecule has 24 heavy (non-hydrogen) atoms. The normalized spacial score (nSPS) is 15.2. The second kappa shape index (κ2) is 8.08. The van der Waals surface area contributed by atoms with Crippen LogP contribution >= 0.6 is 0 Å². The zero-order valence-electron chi connectivity index (χ0n) is 14.4. The van der Waals surface area contributed by atoms with E-state index in [1.54, 1.807) is 6.20 Å². The van der Waals surface area contributed by atoms with Crippen LogP contribution in [0.2, 0.25) is 0 Å². The third-order valence-corrected chi connectivity index (χ3v) is 4.26. The highest BCUT2D eigenvalue weighted by Crippen LogP contribution is 2.18. The Hall–Kier alpha value is -2.18. The number of aryl methyl sites for hydroxylation is 2. The minimum absolute atomic E-state index is 0.606. The predicted molar refractivity (Wildman–Crippen MR) is 97.0 cm³/mol. The maximum atomic E-state index is 5.36. The third-order valence-electron chi connectivity index (χ3n) is 4.26. The Morgan fingerprint density at radius 3 is 2.75 bits per heavy atom. The van der Waals surface area contributed by atoms with Crippen molar-refractivity contribution in [2.45, 2.75) is 13.8 Å². The molecule has 1 aliphatic rings. The van der Waals surface area contributed by atoms with Crippen molar-refractivity contribution < 1.29 is 4.74 Å². The van der Waals surface area contributed by atoms with Gasteiger partial charge in [0.25, 0.3) is 0 Å². The molecule has 2 aromatic rings. The highest BCUT2D eigenvalue weighted by molar-refractivity contribution is 5.56. The van der Waals surface area contributed by atoms with Crippen molar-refractivity contribution >= 4 is 17.5 Å². The molecule has 0 radical (unpaired) electrons. The van der Waals surface area contributed by atoms with E-state index in [0.717, 1.165) is 50.9 Å². The summed E-state index contributed by atoms with van der Waals surface area (Å²) in [4.78, 5) is 11.2. The van der Waals surface area contributed by atoms with Gasteiger partial charge in [0.15, 0.2) is 0 Å². The smallest absolute Gasteiger partial charge is 0.229 e. The molecule has 0 bridgehead atoms. The SMILES string of the molecule is Cc1ccc(Nc2nccc(NCCN3CCOCC3)n2)cc1C. The van der Waals surface area contributed by atoms with Crippen LogP contribution in [0.25, 0.3) is 0 Å². The van der Waals surface area contributed by atoms with Gasteiger partial charge in [-0.05, 0) is 43.2 Å². The molecule has 0 saturated carbocycles. The van der Waals surface area contributed by atoms with Crippen LogP contribution in [-0.2, 0) is 4.74 Å². The third kappa shape index (κ3) is 4.66. The molecule has 0 amide bonds. The van der Waals surface area contributed by atoms with Crippen LogP contribution in [0.15, 0.2) is 30.5 Å². The van der Waals surface area contributed by atoms with Crippen molar-refractivity contribution in [3.63, 3.8) is 0 Å². The number of nitrogens with one attached hydrogen (secondary N) is 2. The fourth-order valence-corrected chi connectivity index (χ4v) is 2.63. The van der Waals surface area contributed by atoms with Crippen molar-refractivity contribution in [1.82, 2.24) is 14.9 Å². The van der Waals surface area contributed by atoms with Gasteiger partial charge < -0.3 is 15.4 Å². The lowest BCUT2D eigenvalue weighted by atomic mass is 10.1. The van der Waals surface area contributed by atoms with E-state index < -0.39 is 0 Å². The largest absolute Gasteiger partial charge is 0.379 e. The second-order valence-corrected chi connectivity index (χ2v) is 6.07. The lowest BCUT2D eigenvalue weighted by molar-refractivity contribution is 0.0398. The minimum Gasteiger partial charge on any atom is -0.379 e. The molecule has 6 nitrogen and oxygen atoms in total. The van der Waals surface area contributed by atoms with Crippen LogP contribution in [0.4, 0.5) is 17.5 Å². The standard InChI is InChI=1S/C18H25N5O/c1-14-3-4-16(13-15(14)2)21-18-20-6-5-17(22-18)19-7-8-23-9-11-24-12-10-23/h3-6,13H,7-12H2,1-2H3,(H2,19,20,21,22). The molecular weight excluding hydrogens is 302 g/mol. The topological polar surface area (TPSA) is 62.3 Å². The van der Waals surface area contributed by atoms with Gasteiger partial charge in [-0.3, -0.25) is 4.90 Å². The quantitative estimate of drug-likeness (QED) is 0.850. The van der Waals surface area contributed by atoms with Gasteiger partial charge >= 0.3 is 0 Å². The van der Waals surface area contributed by atoms with Crippen LogP contribution in [0, 0.1) is 13.8 Å². The number of hydrogen-bond acceptors (Lipinski definition) is 6. The minimum atomic E-state index is 0.606. The van der Waals surface area contributed by atoms with Crippen molar-refractivity contribution in [1.29, 1.82) is 0 Å². The number of hydrogen-bond donors (Lipinski definition) is 2. The zero-order chi connectivity index (χ0) is 16.8. The Labute approximate surface area is 143 Å². The first-order valence-corrected chi connectivity index (χ1v) is 8.42. The monoisotopic (exact) mass is 327 g/mol. The van der Waals surface area contributed by atoms with Crippen molar-refractivity contribution in [3.05, 3.63) is 41.6 Å². The molecule has 1 aromatic heterocycles. The molecule has 1 aromatic carbocycles. The number of benzene rings is 1. The summed E-state index contributed by atoms with van der Waals surface area (Å²) in [6, 6.07) is 8.15. The number of ether oxygens (including phenoxy) is 1. The molecule has 6 heteroatoms. The van der Waals surface area contributed by atoms with E-state index >= 15 is 0 Å². The van der Waals surface area contributed by atoms with E-state index in [9.17, 15) is 0 Å². The average Bonchev–Trinajstić information content (AvgIpc) is 2.60. The molecule has 0 unspecified atom stereocenters. The van der Waals surface area contributed by atoms with Crippen molar-refractivity contribution in [2.24, 2.45) is 0 Å². The molecule has 0 spiro atoms. The molecule has 1 fully saturated rings. The van der Waals surface area contributed by atoms with E-state index in [-0.39, 0.29) is 0 Å². The van der Waals surface area contributed by atoms with Crippen molar-refractivity contribution in [2.75, 3.05) is 50.0 Å². The summed E-state index contributed by atoms with van der Waals surface area (Å²) in [5.41, 5.74) is 3.53. The van der Waals surface area contributed by atoms with Gasteiger partial charge in [0.1, 0.15) is 5.82 Å². The number of aromatic nitrogens is 2. The lowest BCUT2D eigenvalue weighted by Gasteiger charge is -2.26. The summed E-state index contributed by atoms with van der Waals surface area (Å²) in [5.74, 6) is 1.44. The van der Waals surface area contributed by atoms with Crippen LogP contribution in [0.5, 0.6) is 0 Å². The maximum absolute atomic E-state index is 5.36. The number of anilines is 3. The highest BCUT2D eigenvalue weighted by Gasteiger charge is 2.09. The summed E-state index contributed by atoms with van der Waals surface area (Å²) in [6.07, 6.45) is 1.77. The van der Waals surface area contributed by atoms with E-state index in [2.05, 4.69) is 51.5 Å². The zero-order valence-corrected chi connectivity index (χ0v) is 14.4. The van der Waals surface area contributed by atoms with E-state index in [1.807, 2.05) is 12.1 Å². The summed E-state index contributed by atoms with van der Waals surface area (Å²) in [5, 5.41) is 6.63. The Morgan fingerprint density at radius 1 is 1.12 bits per heavy atom. The van der Waals surface area contributed by atoms with Gasteiger partial charge in [-0.25, -0.2) is 4.98 Å². The maximum Gasteiger partial charge on any atom is 0.229 e. The first-order chi connectivity index (χ1) is 11.7. The fourth-order valence-electron chi connectivity index (χ4n) is 2.63. The van der Waals surface area contributed by atoms with Crippen LogP contribution in [0.1, 0.15) is 11.1 Å². The summed E-state index contributed by atoms with van der Waals surface area (Å²) in [6.45, 7) is 9.73. The first-order valence-electron chi connectivity index (χ1n) is 8.42. The molecule has 3 rings (SSSR count). The molecule has 1 aliphatic heterocycles. The molecule has 2 N–H and O–H groups in total. The lowest BCUT2D eigenvalue weighted by Crippen LogP contribution is -2.39. The van der Waals surface area contributed by atoms with Crippen LogP contribution in [-0.4, -0.2) is 54.3 Å². The van der Waals surface area contributed by atoms with Crippen LogP contribution in [0.3, 0.4) is 0 Å². The van der Waals surface area contributed by atoms with Gasteiger partial charge in [-0.15, -0.1) is 0 Å². The van der Waals surface area contributed by atoms with E-state index in [0.29, 0.717) is 5.95 Å². The Morgan fingerprint density at radius 2 is 1.96 bits per heavy atom. The fraction of sp³-hybridized carbons (Fsp3) is 0.444. The number of rotatable bonds is 6.